The largest absolute Gasteiger partial charge is 0.468 e. The minimum atomic E-state index is -1.53. The first-order valence-corrected chi connectivity index (χ1v) is 10.4. The monoisotopic (exact) mass is 457 g/mol. The van der Waals surface area contributed by atoms with Gasteiger partial charge in [0.05, 0.1) is 21.3 Å². The molecule has 0 aromatic heterocycles. The Kier molecular flexibility index (Phi) is 7.30. The Bertz CT molecular complexity index is 1000. The number of esters is 3. The average Bonchev–Trinajstić information content (AvgIpc) is 3.28. The summed E-state index contributed by atoms with van der Waals surface area (Å²) >= 11 is 6.00. The van der Waals surface area contributed by atoms with Crippen LogP contribution in [0.1, 0.15) is 29.9 Å². The lowest BCUT2D eigenvalue weighted by atomic mass is 9.70. The van der Waals surface area contributed by atoms with Crippen molar-refractivity contribution < 1.29 is 28.6 Å². The lowest BCUT2D eigenvalue weighted by Gasteiger charge is -2.35. The number of hydrogen-bond donors (Lipinski definition) is 0. The lowest BCUT2D eigenvalue weighted by Crippen LogP contribution is -2.49. The van der Waals surface area contributed by atoms with Crippen LogP contribution in [0.3, 0.4) is 0 Å². The molecule has 32 heavy (non-hydrogen) atoms. The van der Waals surface area contributed by atoms with Crippen LogP contribution in [0, 0.1) is 5.92 Å². The van der Waals surface area contributed by atoms with E-state index in [1.807, 2.05) is 12.1 Å². The molecule has 0 N–H and O–H groups in total. The van der Waals surface area contributed by atoms with Gasteiger partial charge in [-0.3, -0.25) is 14.6 Å². The van der Waals surface area contributed by atoms with Crippen molar-refractivity contribution in [2.45, 2.75) is 24.3 Å². The van der Waals surface area contributed by atoms with Gasteiger partial charge in [-0.25, -0.2) is 4.79 Å². The van der Waals surface area contributed by atoms with Gasteiger partial charge in [-0.05, 0) is 36.1 Å². The SMILES string of the molecule is COC(=O)C(C(=O)OC)C(c1ccccc1)[C@@]1(C(=O)OC)CCC(c2ccc(Cl)cc2)=N1. The van der Waals surface area contributed by atoms with Crippen LogP contribution in [0.2, 0.25) is 5.02 Å². The smallest absolute Gasteiger partial charge is 0.334 e. The molecule has 0 aliphatic carbocycles. The Hall–Kier alpha value is -3.19. The minimum Gasteiger partial charge on any atom is -0.468 e. The first kappa shape index (κ1) is 23.5. The van der Waals surface area contributed by atoms with E-state index >= 15 is 0 Å². The molecule has 0 spiro atoms. The molecule has 0 saturated carbocycles. The van der Waals surface area contributed by atoms with E-state index in [0.29, 0.717) is 22.7 Å². The molecule has 1 aliphatic heterocycles. The number of nitrogens with zero attached hydrogens (tertiary/aromatic N) is 1. The molecular weight excluding hydrogens is 434 g/mol. The predicted octanol–water partition coefficient (Wildman–Crippen LogP) is 3.58. The summed E-state index contributed by atoms with van der Waals surface area (Å²) in [5.41, 5.74) is 0.485. The maximum Gasteiger partial charge on any atom is 0.334 e. The van der Waals surface area contributed by atoms with Crippen molar-refractivity contribution in [2.75, 3.05) is 21.3 Å². The number of carbonyl (C=O) groups excluding carboxylic acids is 3. The van der Waals surface area contributed by atoms with E-state index < -0.39 is 35.3 Å². The van der Waals surface area contributed by atoms with Crippen LogP contribution in [0.5, 0.6) is 0 Å². The van der Waals surface area contributed by atoms with Gasteiger partial charge in [-0.1, -0.05) is 54.1 Å². The molecule has 0 saturated heterocycles. The Morgan fingerprint density at radius 2 is 1.50 bits per heavy atom. The molecule has 7 nitrogen and oxygen atoms in total. The highest BCUT2D eigenvalue weighted by atomic mass is 35.5. The second-order valence-electron chi connectivity index (χ2n) is 7.39. The summed E-state index contributed by atoms with van der Waals surface area (Å²) in [6.45, 7) is 0. The topological polar surface area (TPSA) is 91.3 Å². The van der Waals surface area contributed by atoms with E-state index in [2.05, 4.69) is 0 Å². The quantitative estimate of drug-likeness (QED) is 0.358. The molecule has 2 aromatic rings. The number of methoxy groups -OCH3 is 3. The second kappa shape index (κ2) is 9.96. The molecule has 168 valence electrons. The van der Waals surface area contributed by atoms with Crippen molar-refractivity contribution in [1.29, 1.82) is 0 Å². The van der Waals surface area contributed by atoms with Crippen LogP contribution < -0.4 is 0 Å². The third-order valence-corrected chi connectivity index (χ3v) is 5.96. The number of carbonyl (C=O) groups is 3. The van der Waals surface area contributed by atoms with E-state index in [9.17, 15) is 14.4 Å². The lowest BCUT2D eigenvalue weighted by molar-refractivity contribution is -0.162. The fraction of sp³-hybridized carbons (Fsp3) is 0.333. The third kappa shape index (κ3) is 4.39. The van der Waals surface area contributed by atoms with Crippen LogP contribution in [-0.2, 0) is 28.6 Å². The van der Waals surface area contributed by atoms with Crippen LogP contribution in [0.15, 0.2) is 59.6 Å². The van der Waals surface area contributed by atoms with Crippen molar-refractivity contribution >= 4 is 35.2 Å². The number of hydrogen-bond acceptors (Lipinski definition) is 7. The highest BCUT2D eigenvalue weighted by molar-refractivity contribution is 6.30. The number of halogens is 1. The summed E-state index contributed by atoms with van der Waals surface area (Å²) in [5.74, 6) is -4.69. The molecule has 2 atom stereocenters. The van der Waals surface area contributed by atoms with Crippen molar-refractivity contribution in [1.82, 2.24) is 0 Å². The first-order valence-electron chi connectivity index (χ1n) is 10.0. The number of benzene rings is 2. The molecule has 1 unspecified atom stereocenters. The Balaban J connectivity index is 2.24. The molecule has 0 amide bonds. The van der Waals surface area contributed by atoms with Crippen molar-refractivity contribution in [2.24, 2.45) is 10.9 Å². The van der Waals surface area contributed by atoms with Crippen LogP contribution in [0.25, 0.3) is 0 Å². The van der Waals surface area contributed by atoms with Crippen LogP contribution >= 0.6 is 11.6 Å². The van der Waals surface area contributed by atoms with E-state index in [-0.39, 0.29) is 6.42 Å². The molecule has 3 rings (SSSR count). The number of rotatable bonds is 7. The van der Waals surface area contributed by atoms with E-state index in [0.717, 1.165) is 5.56 Å². The Morgan fingerprint density at radius 3 is 2.03 bits per heavy atom. The van der Waals surface area contributed by atoms with Crippen molar-refractivity contribution in [3.63, 3.8) is 0 Å². The second-order valence-corrected chi connectivity index (χ2v) is 7.83. The highest BCUT2D eigenvalue weighted by Crippen LogP contribution is 2.46. The van der Waals surface area contributed by atoms with Gasteiger partial charge in [0.2, 0.25) is 0 Å². The summed E-state index contributed by atoms with van der Waals surface area (Å²) in [5, 5.41) is 0.574. The maximum absolute atomic E-state index is 13.3. The Labute approximate surface area is 191 Å². The average molecular weight is 458 g/mol. The molecule has 8 heteroatoms. The molecule has 2 aromatic carbocycles. The zero-order valence-corrected chi connectivity index (χ0v) is 18.8. The molecule has 0 fully saturated rings. The summed E-state index contributed by atoms with van der Waals surface area (Å²) in [7, 11) is 3.62. The molecule has 1 heterocycles. The van der Waals surface area contributed by atoms with Gasteiger partial charge in [-0.15, -0.1) is 0 Å². The standard InChI is InChI=1S/C24H24ClNO6/c1-30-21(27)19(22(28)31-2)20(16-7-5-4-6-8-16)24(23(29)32-3)14-13-18(26-24)15-9-11-17(25)12-10-15/h4-12,19-20H,13-14H2,1-3H3/t20?,24-/m1/s1. The first-order chi connectivity index (χ1) is 15.4. The van der Waals surface area contributed by atoms with Gasteiger partial charge in [0, 0.05) is 16.7 Å². The number of aliphatic imine (C=N–C) groups is 1. The third-order valence-electron chi connectivity index (χ3n) is 5.71. The fourth-order valence-electron chi connectivity index (χ4n) is 4.22. The zero-order chi connectivity index (χ0) is 23.3. The maximum atomic E-state index is 13.3. The Morgan fingerprint density at radius 1 is 0.906 bits per heavy atom. The summed E-state index contributed by atoms with van der Waals surface area (Å²) in [6.07, 6.45) is 0.677. The predicted molar refractivity (Wildman–Crippen MR) is 119 cm³/mol. The minimum absolute atomic E-state index is 0.238. The van der Waals surface area contributed by atoms with Gasteiger partial charge >= 0.3 is 17.9 Å². The van der Waals surface area contributed by atoms with Crippen molar-refractivity contribution in [3.8, 4) is 0 Å². The van der Waals surface area contributed by atoms with Crippen LogP contribution in [0.4, 0.5) is 0 Å². The fourth-order valence-corrected chi connectivity index (χ4v) is 4.34. The summed E-state index contributed by atoms with van der Waals surface area (Å²) in [6, 6.07) is 15.9. The van der Waals surface area contributed by atoms with Crippen molar-refractivity contribution in [3.05, 3.63) is 70.7 Å². The number of ether oxygens (including phenoxy) is 3. The molecular formula is C24H24ClNO6. The molecule has 0 bridgehead atoms. The normalized spacial score (nSPS) is 18.6. The van der Waals surface area contributed by atoms with E-state index in [4.69, 9.17) is 30.8 Å². The highest BCUT2D eigenvalue weighted by Gasteiger charge is 2.57. The van der Waals surface area contributed by atoms with Gasteiger partial charge in [-0.2, -0.15) is 0 Å². The molecule has 0 radical (unpaired) electrons. The zero-order valence-electron chi connectivity index (χ0n) is 18.0. The van der Waals surface area contributed by atoms with Gasteiger partial charge in [0.25, 0.3) is 0 Å². The van der Waals surface area contributed by atoms with Gasteiger partial charge in [0.1, 0.15) is 0 Å². The summed E-state index contributed by atoms with van der Waals surface area (Å²) < 4.78 is 15.0. The van der Waals surface area contributed by atoms with E-state index in [1.165, 1.54) is 21.3 Å². The van der Waals surface area contributed by atoms with E-state index in [1.54, 1.807) is 42.5 Å². The van der Waals surface area contributed by atoms with Gasteiger partial charge < -0.3 is 14.2 Å². The molecule has 1 aliphatic rings. The van der Waals surface area contributed by atoms with Gasteiger partial charge in [0.15, 0.2) is 11.5 Å². The summed E-state index contributed by atoms with van der Waals surface area (Å²) in [4.78, 5) is 43.6. The van der Waals surface area contributed by atoms with Crippen LogP contribution in [-0.4, -0.2) is 50.5 Å².